The maximum Gasteiger partial charge on any atom is 0.416 e. The summed E-state index contributed by atoms with van der Waals surface area (Å²) in [5.74, 6) is -2.09. The summed E-state index contributed by atoms with van der Waals surface area (Å²) in [5.41, 5.74) is -4.12. The van der Waals surface area contributed by atoms with E-state index in [4.69, 9.17) is 0 Å². The van der Waals surface area contributed by atoms with E-state index in [9.17, 15) is 35.9 Å². The summed E-state index contributed by atoms with van der Waals surface area (Å²) in [6.45, 7) is 1.20. The van der Waals surface area contributed by atoms with Gasteiger partial charge in [-0.25, -0.2) is 4.99 Å². The SMILES string of the molecule is C[C@H](NC(=O)c1cc(C(F)(F)F)cc(C(F)(F)F)c1)C(=O)/N=C/N(C)C. The average Bonchev–Trinajstić information content (AvgIpc) is 2.50. The molecule has 0 bridgehead atoms. The second-order valence-corrected chi connectivity index (χ2v) is 5.54. The molecule has 0 radical (unpaired) electrons. The van der Waals surface area contributed by atoms with Crippen LogP contribution in [-0.2, 0) is 17.1 Å². The molecule has 0 heterocycles. The van der Waals surface area contributed by atoms with E-state index in [1.807, 2.05) is 5.32 Å². The largest absolute Gasteiger partial charge is 0.416 e. The van der Waals surface area contributed by atoms with Crippen molar-refractivity contribution in [2.45, 2.75) is 25.3 Å². The first kappa shape index (κ1) is 21.5. The predicted octanol–water partition coefficient (Wildman–Crippen LogP) is 2.96. The lowest BCUT2D eigenvalue weighted by molar-refractivity contribution is -0.143. The van der Waals surface area contributed by atoms with Crippen molar-refractivity contribution in [2.75, 3.05) is 14.1 Å². The highest BCUT2D eigenvalue weighted by molar-refractivity contribution is 5.98. The normalized spacial score (nSPS) is 13.6. The Bertz CT molecular complexity index is 678. The van der Waals surface area contributed by atoms with Gasteiger partial charge in [-0.3, -0.25) is 9.59 Å². The number of aliphatic imine (C=N–C) groups is 1. The van der Waals surface area contributed by atoms with Gasteiger partial charge in [-0.1, -0.05) is 0 Å². The topological polar surface area (TPSA) is 61.8 Å². The molecule has 0 aromatic heterocycles. The van der Waals surface area contributed by atoms with Crippen LogP contribution in [0.15, 0.2) is 23.2 Å². The Morgan fingerprint density at radius 1 is 1.04 bits per heavy atom. The summed E-state index contributed by atoms with van der Waals surface area (Å²) < 4.78 is 76.7. The highest BCUT2D eigenvalue weighted by Crippen LogP contribution is 2.36. The van der Waals surface area contributed by atoms with Crippen molar-refractivity contribution in [2.24, 2.45) is 4.99 Å². The van der Waals surface area contributed by atoms with Crippen LogP contribution >= 0.6 is 0 Å². The van der Waals surface area contributed by atoms with Crippen LogP contribution in [0.5, 0.6) is 0 Å². The van der Waals surface area contributed by atoms with Gasteiger partial charge < -0.3 is 10.2 Å². The molecule has 0 spiro atoms. The van der Waals surface area contributed by atoms with Gasteiger partial charge >= 0.3 is 12.4 Å². The second kappa shape index (κ2) is 7.75. The third-order valence-electron chi connectivity index (χ3n) is 2.98. The number of nitrogens with zero attached hydrogens (tertiary/aromatic N) is 2. The van der Waals surface area contributed by atoms with Crippen LogP contribution < -0.4 is 5.32 Å². The van der Waals surface area contributed by atoms with Crippen LogP contribution in [0, 0.1) is 0 Å². The molecule has 0 aliphatic rings. The Morgan fingerprint density at radius 3 is 1.88 bits per heavy atom. The average molecular weight is 383 g/mol. The number of halogens is 6. The fraction of sp³-hybridized carbons (Fsp3) is 0.400. The van der Waals surface area contributed by atoms with E-state index in [0.717, 1.165) is 6.34 Å². The van der Waals surface area contributed by atoms with Gasteiger partial charge in [-0.15, -0.1) is 0 Å². The van der Waals surface area contributed by atoms with E-state index in [2.05, 4.69) is 4.99 Å². The standard InChI is InChI=1S/C15H15F6N3O2/c1-8(12(25)22-7-24(2)3)23-13(26)9-4-10(14(16,17)18)6-11(5-9)15(19,20)21/h4-8H,1-3H3,(H,23,26)/b22-7+/t8-/m0/s1. The molecule has 2 amide bonds. The van der Waals surface area contributed by atoms with Gasteiger partial charge in [-0.05, 0) is 25.1 Å². The summed E-state index contributed by atoms with van der Waals surface area (Å²) in [7, 11) is 3.14. The molecule has 1 aromatic carbocycles. The second-order valence-electron chi connectivity index (χ2n) is 5.54. The number of alkyl halides is 6. The van der Waals surface area contributed by atoms with Crippen molar-refractivity contribution < 1.29 is 35.9 Å². The molecule has 1 N–H and O–H groups in total. The first-order chi connectivity index (χ1) is 11.7. The Labute approximate surface area is 144 Å². The van der Waals surface area contributed by atoms with Gasteiger partial charge in [0.2, 0.25) is 0 Å². The maximum absolute atomic E-state index is 12.8. The molecule has 0 fully saturated rings. The number of benzene rings is 1. The van der Waals surface area contributed by atoms with E-state index < -0.39 is 46.9 Å². The van der Waals surface area contributed by atoms with Gasteiger partial charge in [0.15, 0.2) is 0 Å². The quantitative estimate of drug-likeness (QED) is 0.494. The van der Waals surface area contributed by atoms with Crippen LogP contribution in [-0.4, -0.2) is 43.2 Å². The molecule has 0 saturated heterocycles. The number of nitrogens with one attached hydrogen (secondary N) is 1. The zero-order valence-corrected chi connectivity index (χ0v) is 13.9. The molecule has 5 nitrogen and oxygen atoms in total. The summed E-state index contributed by atoms with van der Waals surface area (Å²) in [6.07, 6.45) is -9.02. The molecule has 1 rings (SSSR count). The number of hydrogen-bond donors (Lipinski definition) is 1. The van der Waals surface area contributed by atoms with Crippen LogP contribution in [0.2, 0.25) is 0 Å². The van der Waals surface area contributed by atoms with Gasteiger partial charge in [0.1, 0.15) is 6.04 Å². The van der Waals surface area contributed by atoms with Crippen molar-refractivity contribution in [3.8, 4) is 0 Å². The van der Waals surface area contributed by atoms with Crippen LogP contribution in [0.4, 0.5) is 26.3 Å². The molecule has 0 unspecified atom stereocenters. The third kappa shape index (κ3) is 6.05. The predicted molar refractivity (Wildman–Crippen MR) is 80.6 cm³/mol. The fourth-order valence-corrected chi connectivity index (χ4v) is 1.71. The molecular weight excluding hydrogens is 368 g/mol. The van der Waals surface area contributed by atoms with E-state index in [-0.39, 0.29) is 18.2 Å². The summed E-state index contributed by atoms with van der Waals surface area (Å²) in [4.78, 5) is 28.6. The Hall–Kier alpha value is -2.59. The lowest BCUT2D eigenvalue weighted by Crippen LogP contribution is -2.38. The number of amides is 2. The minimum atomic E-state index is -5.08. The van der Waals surface area contributed by atoms with Crippen molar-refractivity contribution in [3.63, 3.8) is 0 Å². The zero-order valence-electron chi connectivity index (χ0n) is 13.9. The summed E-state index contributed by atoms with van der Waals surface area (Å²) in [6, 6.07) is -0.773. The van der Waals surface area contributed by atoms with Crippen molar-refractivity contribution in [1.29, 1.82) is 0 Å². The van der Waals surface area contributed by atoms with Crippen molar-refractivity contribution in [1.82, 2.24) is 10.2 Å². The number of hydrogen-bond acceptors (Lipinski definition) is 2. The van der Waals surface area contributed by atoms with E-state index in [1.165, 1.54) is 11.8 Å². The molecule has 144 valence electrons. The van der Waals surface area contributed by atoms with Gasteiger partial charge in [0, 0.05) is 19.7 Å². The molecule has 1 aromatic rings. The zero-order chi connectivity index (χ0) is 20.3. The van der Waals surface area contributed by atoms with Crippen LogP contribution in [0.3, 0.4) is 0 Å². The smallest absolute Gasteiger partial charge is 0.369 e. The number of carbonyl (C=O) groups is 2. The minimum absolute atomic E-state index is 0.0905. The summed E-state index contributed by atoms with van der Waals surface area (Å²) in [5, 5.41) is 2.02. The molecule has 0 aliphatic carbocycles. The Balaban J connectivity index is 3.13. The van der Waals surface area contributed by atoms with E-state index in [0.29, 0.717) is 0 Å². The first-order valence-corrected chi connectivity index (χ1v) is 7.06. The highest BCUT2D eigenvalue weighted by Gasteiger charge is 2.37. The lowest BCUT2D eigenvalue weighted by atomic mass is 10.0. The Morgan fingerprint density at radius 2 is 1.50 bits per heavy atom. The van der Waals surface area contributed by atoms with Crippen molar-refractivity contribution in [3.05, 3.63) is 34.9 Å². The van der Waals surface area contributed by atoms with E-state index in [1.54, 1.807) is 14.1 Å². The van der Waals surface area contributed by atoms with Gasteiger partial charge in [0.25, 0.3) is 11.8 Å². The van der Waals surface area contributed by atoms with Crippen molar-refractivity contribution >= 4 is 18.2 Å². The summed E-state index contributed by atoms with van der Waals surface area (Å²) >= 11 is 0. The Kier molecular flexibility index (Phi) is 6.39. The number of rotatable bonds is 4. The number of carbonyl (C=O) groups excluding carboxylic acids is 2. The first-order valence-electron chi connectivity index (χ1n) is 7.06. The van der Waals surface area contributed by atoms with Gasteiger partial charge in [0.05, 0.1) is 17.5 Å². The molecular formula is C15H15F6N3O2. The molecule has 11 heteroatoms. The highest BCUT2D eigenvalue weighted by atomic mass is 19.4. The molecule has 26 heavy (non-hydrogen) atoms. The minimum Gasteiger partial charge on any atom is -0.369 e. The van der Waals surface area contributed by atoms with E-state index >= 15 is 0 Å². The molecule has 0 aliphatic heterocycles. The molecule has 0 saturated carbocycles. The van der Waals surface area contributed by atoms with Crippen LogP contribution in [0.1, 0.15) is 28.4 Å². The third-order valence-corrected chi connectivity index (χ3v) is 2.98. The monoisotopic (exact) mass is 383 g/mol. The van der Waals surface area contributed by atoms with Gasteiger partial charge in [-0.2, -0.15) is 26.3 Å². The maximum atomic E-state index is 12.8. The van der Waals surface area contributed by atoms with Crippen LogP contribution in [0.25, 0.3) is 0 Å². The molecule has 1 atom stereocenters. The fourth-order valence-electron chi connectivity index (χ4n) is 1.71. The lowest BCUT2D eigenvalue weighted by Gasteiger charge is -2.15.